The van der Waals surface area contributed by atoms with Gasteiger partial charge in [-0.05, 0) is 29.7 Å². The van der Waals surface area contributed by atoms with Crippen LogP contribution in [0.25, 0.3) is 0 Å². The lowest BCUT2D eigenvalue weighted by atomic mass is 10.1. The first-order valence-electron chi connectivity index (χ1n) is 9.39. The molecule has 0 saturated carbocycles. The van der Waals surface area contributed by atoms with Crippen molar-refractivity contribution in [2.24, 2.45) is 0 Å². The molecule has 156 valence electrons. The molecule has 3 aromatic rings. The van der Waals surface area contributed by atoms with E-state index in [1.165, 1.54) is 34.2 Å². The zero-order valence-electron chi connectivity index (χ0n) is 16.5. The Balaban J connectivity index is 1.37. The second kappa shape index (κ2) is 11.7. The maximum Gasteiger partial charge on any atom is 0.236 e. The summed E-state index contributed by atoms with van der Waals surface area (Å²) in [6.07, 6.45) is 0.964. The van der Waals surface area contributed by atoms with Crippen LogP contribution in [0.2, 0.25) is 0 Å². The summed E-state index contributed by atoms with van der Waals surface area (Å²) in [4.78, 5) is 24.2. The summed E-state index contributed by atoms with van der Waals surface area (Å²) < 4.78 is 0.638. The molecule has 1 aromatic heterocycles. The number of carbonyl (C=O) groups excluding carboxylic acids is 2. The van der Waals surface area contributed by atoms with E-state index in [0.717, 1.165) is 17.9 Å². The lowest BCUT2D eigenvalue weighted by Gasteiger charge is -2.05. The number of benzene rings is 2. The van der Waals surface area contributed by atoms with Crippen LogP contribution in [0.1, 0.15) is 18.1 Å². The number of nitrogens with one attached hydrogen (secondary N) is 2. The van der Waals surface area contributed by atoms with E-state index in [-0.39, 0.29) is 17.6 Å². The van der Waals surface area contributed by atoms with Crippen LogP contribution in [-0.2, 0) is 21.8 Å². The lowest BCUT2D eigenvalue weighted by Crippen LogP contribution is -2.14. The fourth-order valence-corrected chi connectivity index (χ4v) is 4.81. The second-order valence-electron chi connectivity index (χ2n) is 6.29. The maximum absolute atomic E-state index is 12.1. The average molecular weight is 459 g/mol. The monoisotopic (exact) mass is 458 g/mol. The van der Waals surface area contributed by atoms with E-state index in [1.54, 1.807) is 11.8 Å². The number of anilines is 2. The molecule has 9 heteroatoms. The van der Waals surface area contributed by atoms with Gasteiger partial charge in [0, 0.05) is 11.4 Å². The molecule has 2 amide bonds. The van der Waals surface area contributed by atoms with Gasteiger partial charge < -0.3 is 5.32 Å². The molecule has 0 fully saturated rings. The van der Waals surface area contributed by atoms with Crippen LogP contribution < -0.4 is 10.6 Å². The van der Waals surface area contributed by atoms with Gasteiger partial charge >= 0.3 is 0 Å². The Kier molecular flexibility index (Phi) is 8.73. The number of amides is 2. The third kappa shape index (κ3) is 7.47. The van der Waals surface area contributed by atoms with Crippen molar-refractivity contribution in [3.05, 3.63) is 65.7 Å². The molecule has 0 atom stereocenters. The van der Waals surface area contributed by atoms with Crippen molar-refractivity contribution in [1.82, 2.24) is 10.2 Å². The summed E-state index contributed by atoms with van der Waals surface area (Å²) in [5.74, 6) is 1.13. The lowest BCUT2D eigenvalue weighted by molar-refractivity contribution is -0.114. The Morgan fingerprint density at radius 1 is 0.900 bits per heavy atom. The summed E-state index contributed by atoms with van der Waals surface area (Å²) in [7, 11) is 0. The van der Waals surface area contributed by atoms with E-state index < -0.39 is 0 Å². The number of hydrogen-bond acceptors (Lipinski definition) is 7. The van der Waals surface area contributed by atoms with E-state index >= 15 is 0 Å². The molecule has 2 aromatic carbocycles. The van der Waals surface area contributed by atoms with Crippen molar-refractivity contribution in [3.8, 4) is 0 Å². The number of thioether (sulfide) groups is 2. The van der Waals surface area contributed by atoms with Crippen LogP contribution in [0.15, 0.2) is 58.9 Å². The molecule has 0 unspecified atom stereocenters. The Labute approximate surface area is 188 Å². The molecule has 6 nitrogen and oxygen atoms in total. The first kappa shape index (κ1) is 22.3. The summed E-state index contributed by atoms with van der Waals surface area (Å²) in [6.45, 7) is 2.09. The zero-order chi connectivity index (χ0) is 21.2. The summed E-state index contributed by atoms with van der Waals surface area (Å²) >= 11 is 4.10. The Bertz CT molecular complexity index is 962. The Morgan fingerprint density at radius 2 is 1.63 bits per heavy atom. The number of carbonyl (C=O) groups is 2. The van der Waals surface area contributed by atoms with Gasteiger partial charge in [-0.2, -0.15) is 0 Å². The number of aryl methyl sites for hydroxylation is 1. The molecule has 3 rings (SSSR count). The fraction of sp³-hybridized carbons (Fsp3) is 0.238. The quantitative estimate of drug-likeness (QED) is 0.338. The smallest absolute Gasteiger partial charge is 0.236 e. The van der Waals surface area contributed by atoms with Gasteiger partial charge in [0.2, 0.25) is 16.9 Å². The largest absolute Gasteiger partial charge is 0.325 e. The minimum atomic E-state index is -0.114. The highest BCUT2D eigenvalue weighted by Crippen LogP contribution is 2.26. The highest BCUT2D eigenvalue weighted by molar-refractivity contribution is 8.01. The molecule has 0 saturated heterocycles. The molecule has 30 heavy (non-hydrogen) atoms. The van der Waals surface area contributed by atoms with Crippen LogP contribution in [0, 0.1) is 0 Å². The highest BCUT2D eigenvalue weighted by Gasteiger charge is 2.11. The van der Waals surface area contributed by atoms with Crippen molar-refractivity contribution >= 4 is 57.5 Å². The van der Waals surface area contributed by atoms with Gasteiger partial charge in [0.1, 0.15) is 0 Å². The predicted molar refractivity (Wildman–Crippen MR) is 126 cm³/mol. The van der Waals surface area contributed by atoms with E-state index in [2.05, 4.69) is 27.8 Å². The summed E-state index contributed by atoms with van der Waals surface area (Å²) in [5.41, 5.74) is 3.18. The first-order chi connectivity index (χ1) is 14.6. The summed E-state index contributed by atoms with van der Waals surface area (Å²) in [5, 5.41) is 14.1. The molecule has 0 radical (unpaired) electrons. The van der Waals surface area contributed by atoms with Crippen molar-refractivity contribution < 1.29 is 9.59 Å². The van der Waals surface area contributed by atoms with Crippen molar-refractivity contribution in [2.75, 3.05) is 22.1 Å². The number of rotatable bonds is 10. The van der Waals surface area contributed by atoms with Gasteiger partial charge in [-0.1, -0.05) is 72.5 Å². The van der Waals surface area contributed by atoms with Gasteiger partial charge in [0.05, 0.1) is 11.5 Å². The van der Waals surface area contributed by atoms with Crippen LogP contribution in [0.3, 0.4) is 0 Å². The van der Waals surface area contributed by atoms with Crippen LogP contribution in [-0.4, -0.2) is 33.5 Å². The summed E-state index contributed by atoms with van der Waals surface area (Å²) in [6, 6.07) is 17.8. The van der Waals surface area contributed by atoms with Crippen LogP contribution >= 0.6 is 34.9 Å². The molecule has 1 heterocycles. The molecule has 0 aliphatic heterocycles. The Hall–Kier alpha value is -2.36. The molecular formula is C21H22N4O2S3. The zero-order valence-corrected chi connectivity index (χ0v) is 18.9. The van der Waals surface area contributed by atoms with Crippen molar-refractivity contribution in [2.45, 2.75) is 23.4 Å². The topological polar surface area (TPSA) is 84.0 Å². The van der Waals surface area contributed by atoms with Gasteiger partial charge in [-0.15, -0.1) is 22.0 Å². The van der Waals surface area contributed by atoms with Crippen molar-refractivity contribution in [3.63, 3.8) is 0 Å². The molecule has 0 aliphatic rings. The third-order valence-electron chi connectivity index (χ3n) is 3.97. The SMILES string of the molecule is CCc1ccc(NC(=O)CSc2nnc(NC(=O)CSCc3ccccc3)s2)cc1. The molecular weight excluding hydrogens is 436 g/mol. The standard InChI is InChI=1S/C21H22N4O2S3/c1-2-15-8-10-17(11-9-15)22-19(27)14-29-21-25-24-20(30-21)23-18(26)13-28-12-16-6-4-3-5-7-16/h3-11H,2,12-14H2,1H3,(H,22,27)(H,23,24,26). The van der Waals surface area contributed by atoms with Gasteiger partial charge in [0.15, 0.2) is 4.34 Å². The van der Waals surface area contributed by atoms with Crippen molar-refractivity contribution in [1.29, 1.82) is 0 Å². The van der Waals surface area contributed by atoms with Crippen LogP contribution in [0.5, 0.6) is 0 Å². The van der Waals surface area contributed by atoms with Gasteiger partial charge in [-0.3, -0.25) is 14.9 Å². The minimum Gasteiger partial charge on any atom is -0.325 e. The average Bonchev–Trinajstić information content (AvgIpc) is 3.21. The number of hydrogen-bond donors (Lipinski definition) is 2. The van der Waals surface area contributed by atoms with Gasteiger partial charge in [0.25, 0.3) is 0 Å². The van der Waals surface area contributed by atoms with E-state index in [4.69, 9.17) is 0 Å². The first-order valence-corrected chi connectivity index (χ1v) is 12.3. The fourth-order valence-electron chi connectivity index (χ4n) is 2.46. The van der Waals surface area contributed by atoms with Crippen LogP contribution in [0.4, 0.5) is 10.8 Å². The Morgan fingerprint density at radius 3 is 2.37 bits per heavy atom. The molecule has 0 spiro atoms. The molecule has 0 aliphatic carbocycles. The van der Waals surface area contributed by atoms with E-state index in [0.29, 0.717) is 15.2 Å². The normalized spacial score (nSPS) is 10.6. The van der Waals surface area contributed by atoms with Gasteiger partial charge in [-0.25, -0.2) is 0 Å². The van der Waals surface area contributed by atoms with E-state index in [1.807, 2.05) is 54.6 Å². The third-order valence-corrected chi connectivity index (χ3v) is 6.95. The minimum absolute atomic E-state index is 0.109. The molecule has 2 N–H and O–H groups in total. The maximum atomic E-state index is 12.1. The number of aromatic nitrogens is 2. The number of nitrogens with zero attached hydrogens (tertiary/aromatic N) is 2. The second-order valence-corrected chi connectivity index (χ2v) is 9.47. The highest BCUT2D eigenvalue weighted by atomic mass is 32.2. The van der Waals surface area contributed by atoms with E-state index in [9.17, 15) is 9.59 Å². The molecule has 0 bridgehead atoms. The predicted octanol–water partition coefficient (Wildman–Crippen LogP) is 4.70.